The lowest BCUT2D eigenvalue weighted by atomic mass is 10.1. The van der Waals surface area contributed by atoms with Crippen molar-refractivity contribution in [1.29, 1.82) is 0 Å². The topological polar surface area (TPSA) is 63.4 Å². The van der Waals surface area contributed by atoms with Gasteiger partial charge in [-0.15, -0.1) is 0 Å². The molecule has 8 heteroatoms. The maximum atomic E-state index is 12.2. The van der Waals surface area contributed by atoms with E-state index in [0.717, 1.165) is 18.2 Å². The molecule has 0 aliphatic rings. The van der Waals surface area contributed by atoms with Gasteiger partial charge >= 0.3 is 6.18 Å². The number of rotatable bonds is 2. The highest BCUT2D eigenvalue weighted by molar-refractivity contribution is 6.31. The van der Waals surface area contributed by atoms with Crippen LogP contribution in [0.3, 0.4) is 0 Å². The molecule has 88 valence electrons. The van der Waals surface area contributed by atoms with Gasteiger partial charge in [0.1, 0.15) is 0 Å². The van der Waals surface area contributed by atoms with Crippen molar-refractivity contribution in [2.45, 2.75) is 12.3 Å². The molecule has 1 aromatic rings. The van der Waals surface area contributed by atoms with E-state index in [-0.39, 0.29) is 0 Å². The van der Waals surface area contributed by atoms with Crippen LogP contribution in [0.4, 0.5) is 18.9 Å². The average molecular weight is 256 g/mol. The lowest BCUT2D eigenvalue weighted by Gasteiger charge is -2.15. The Balaban J connectivity index is 3.36. The Bertz CT molecular complexity index is 421. The average Bonchev–Trinajstić information content (AvgIpc) is 2.14. The molecule has 0 amide bonds. The van der Waals surface area contributed by atoms with E-state index >= 15 is 0 Å². The highest BCUT2D eigenvalue weighted by atomic mass is 35.5. The summed E-state index contributed by atoms with van der Waals surface area (Å²) in [6.07, 6.45) is -7.97. The van der Waals surface area contributed by atoms with Gasteiger partial charge < -0.3 is 5.11 Å². The molecule has 0 heterocycles. The molecule has 1 atom stereocenters. The molecular weight excluding hydrogens is 251 g/mol. The van der Waals surface area contributed by atoms with Crippen LogP contribution in [0.25, 0.3) is 0 Å². The smallest absolute Gasteiger partial charge is 0.379 e. The Kier molecular flexibility index (Phi) is 3.39. The number of nitrogens with zero attached hydrogens (tertiary/aromatic N) is 1. The Morgan fingerprint density at radius 1 is 1.44 bits per heavy atom. The SMILES string of the molecule is O=[N+]([O-])c1cccc(Cl)c1[C@@H](O)C(F)(F)F. The predicted molar refractivity (Wildman–Crippen MR) is 49.1 cm³/mol. The summed E-state index contributed by atoms with van der Waals surface area (Å²) in [7, 11) is 0. The minimum Gasteiger partial charge on any atom is -0.379 e. The van der Waals surface area contributed by atoms with Gasteiger partial charge in [-0.1, -0.05) is 17.7 Å². The first-order valence-electron chi connectivity index (χ1n) is 3.92. The Hall–Kier alpha value is -1.34. The van der Waals surface area contributed by atoms with E-state index in [4.69, 9.17) is 16.7 Å². The summed E-state index contributed by atoms with van der Waals surface area (Å²) in [5.41, 5.74) is -1.81. The van der Waals surface area contributed by atoms with E-state index in [9.17, 15) is 23.3 Å². The van der Waals surface area contributed by atoms with E-state index in [1.54, 1.807) is 0 Å². The molecule has 16 heavy (non-hydrogen) atoms. The predicted octanol–water partition coefficient (Wildman–Crippen LogP) is 2.84. The van der Waals surface area contributed by atoms with Crippen LogP contribution in [0.5, 0.6) is 0 Å². The Labute approximate surface area is 92.4 Å². The van der Waals surface area contributed by atoms with Gasteiger partial charge in [0, 0.05) is 6.07 Å². The molecule has 0 aromatic heterocycles. The van der Waals surface area contributed by atoms with Gasteiger partial charge in [-0.3, -0.25) is 10.1 Å². The first-order valence-corrected chi connectivity index (χ1v) is 4.30. The van der Waals surface area contributed by atoms with Crippen LogP contribution in [0.1, 0.15) is 11.7 Å². The summed E-state index contributed by atoms with van der Waals surface area (Å²) >= 11 is 5.41. The summed E-state index contributed by atoms with van der Waals surface area (Å²) in [5, 5.41) is 18.9. The standard InChI is InChI=1S/C8H5ClF3NO3/c9-4-2-1-3-5(13(15)16)6(4)7(14)8(10,11)12/h1-3,7,14H/t7-/m1/s1. The molecule has 0 radical (unpaired) electrons. The van der Waals surface area contributed by atoms with E-state index in [1.807, 2.05) is 0 Å². The van der Waals surface area contributed by atoms with Crippen molar-refractivity contribution < 1.29 is 23.2 Å². The number of hydrogen-bond donors (Lipinski definition) is 1. The number of hydrogen-bond acceptors (Lipinski definition) is 3. The van der Waals surface area contributed by atoms with Crippen LogP contribution in [-0.2, 0) is 0 Å². The third-order valence-electron chi connectivity index (χ3n) is 1.81. The number of aliphatic hydroxyl groups excluding tert-OH is 1. The number of nitro groups is 1. The molecule has 0 saturated carbocycles. The fourth-order valence-corrected chi connectivity index (χ4v) is 1.39. The second-order valence-electron chi connectivity index (χ2n) is 2.87. The Morgan fingerprint density at radius 3 is 2.44 bits per heavy atom. The fourth-order valence-electron chi connectivity index (χ4n) is 1.12. The maximum Gasteiger partial charge on any atom is 0.418 e. The van der Waals surface area contributed by atoms with Crippen molar-refractivity contribution in [3.63, 3.8) is 0 Å². The Morgan fingerprint density at radius 2 is 2.00 bits per heavy atom. The first kappa shape index (κ1) is 12.7. The molecule has 0 saturated heterocycles. The maximum absolute atomic E-state index is 12.2. The minimum absolute atomic E-state index is 0.501. The molecule has 0 fully saturated rings. The van der Waals surface area contributed by atoms with Crippen molar-refractivity contribution in [1.82, 2.24) is 0 Å². The largest absolute Gasteiger partial charge is 0.418 e. The number of alkyl halides is 3. The van der Waals surface area contributed by atoms with Crippen molar-refractivity contribution >= 4 is 17.3 Å². The normalized spacial score (nSPS) is 13.6. The van der Waals surface area contributed by atoms with Crippen molar-refractivity contribution in [2.75, 3.05) is 0 Å². The summed E-state index contributed by atoms with van der Waals surface area (Å²) < 4.78 is 36.7. The molecule has 1 rings (SSSR count). The van der Waals surface area contributed by atoms with Crippen molar-refractivity contribution in [3.05, 3.63) is 38.9 Å². The van der Waals surface area contributed by atoms with Gasteiger partial charge in [0.05, 0.1) is 15.5 Å². The lowest BCUT2D eigenvalue weighted by molar-refractivity contribution is -0.387. The molecular formula is C8H5ClF3NO3. The first-order chi connectivity index (χ1) is 7.25. The zero-order valence-electron chi connectivity index (χ0n) is 7.53. The second-order valence-corrected chi connectivity index (χ2v) is 3.28. The van der Waals surface area contributed by atoms with Crippen molar-refractivity contribution in [2.24, 2.45) is 0 Å². The van der Waals surface area contributed by atoms with Gasteiger partial charge in [-0.05, 0) is 6.07 Å². The van der Waals surface area contributed by atoms with E-state index < -0.39 is 33.5 Å². The molecule has 4 nitrogen and oxygen atoms in total. The summed E-state index contributed by atoms with van der Waals surface area (Å²) in [4.78, 5) is 9.44. The number of nitro benzene ring substituents is 1. The molecule has 0 spiro atoms. The van der Waals surface area contributed by atoms with Crippen LogP contribution in [-0.4, -0.2) is 16.2 Å². The van der Waals surface area contributed by atoms with E-state index in [2.05, 4.69) is 0 Å². The fraction of sp³-hybridized carbons (Fsp3) is 0.250. The van der Waals surface area contributed by atoms with Crippen LogP contribution in [0, 0.1) is 10.1 Å². The second kappa shape index (κ2) is 4.26. The molecule has 0 unspecified atom stereocenters. The molecule has 0 aliphatic heterocycles. The summed E-state index contributed by atoms with van der Waals surface area (Å²) in [6.45, 7) is 0. The van der Waals surface area contributed by atoms with Crippen LogP contribution >= 0.6 is 11.6 Å². The van der Waals surface area contributed by atoms with Gasteiger partial charge in [0.15, 0.2) is 6.10 Å². The quantitative estimate of drug-likeness (QED) is 0.653. The number of benzene rings is 1. The number of halogens is 4. The monoisotopic (exact) mass is 255 g/mol. The minimum atomic E-state index is -5.00. The van der Waals surface area contributed by atoms with Gasteiger partial charge in [0.25, 0.3) is 5.69 Å². The van der Waals surface area contributed by atoms with Crippen LogP contribution in [0.15, 0.2) is 18.2 Å². The lowest BCUT2D eigenvalue weighted by Crippen LogP contribution is -2.21. The van der Waals surface area contributed by atoms with Gasteiger partial charge in [0.2, 0.25) is 0 Å². The third-order valence-corrected chi connectivity index (χ3v) is 2.14. The molecule has 0 aliphatic carbocycles. The summed E-state index contributed by atoms with van der Waals surface area (Å²) in [5.74, 6) is 0. The van der Waals surface area contributed by atoms with Gasteiger partial charge in [-0.25, -0.2) is 0 Å². The number of aliphatic hydroxyl groups is 1. The van der Waals surface area contributed by atoms with Crippen LogP contribution in [0.2, 0.25) is 5.02 Å². The molecule has 1 aromatic carbocycles. The highest BCUT2D eigenvalue weighted by Crippen LogP contribution is 2.40. The van der Waals surface area contributed by atoms with Crippen molar-refractivity contribution in [3.8, 4) is 0 Å². The molecule has 0 bridgehead atoms. The van der Waals surface area contributed by atoms with Gasteiger partial charge in [-0.2, -0.15) is 13.2 Å². The summed E-state index contributed by atoms with van der Waals surface area (Å²) in [6, 6.07) is 3.02. The molecule has 1 N–H and O–H groups in total. The van der Waals surface area contributed by atoms with E-state index in [1.165, 1.54) is 0 Å². The zero-order chi connectivity index (χ0) is 12.5. The highest BCUT2D eigenvalue weighted by Gasteiger charge is 2.43. The third kappa shape index (κ3) is 2.42. The zero-order valence-corrected chi connectivity index (χ0v) is 8.29. The van der Waals surface area contributed by atoms with E-state index in [0.29, 0.717) is 0 Å². The van der Waals surface area contributed by atoms with Crippen LogP contribution < -0.4 is 0 Å².